The van der Waals surface area contributed by atoms with Crippen molar-refractivity contribution in [2.75, 3.05) is 12.4 Å². The molecule has 1 aromatic heterocycles. The third-order valence-electron chi connectivity index (χ3n) is 3.29. The predicted molar refractivity (Wildman–Crippen MR) is 88.5 cm³/mol. The topological polar surface area (TPSA) is 70.8 Å². The number of benzene rings is 2. The number of anilines is 2. The van der Waals surface area contributed by atoms with Crippen molar-refractivity contribution in [3.8, 4) is 23.2 Å². The van der Waals surface area contributed by atoms with Gasteiger partial charge in [0.25, 0.3) is 0 Å². The van der Waals surface area contributed by atoms with Crippen LogP contribution in [0.5, 0.6) is 5.75 Å². The number of nitrogens with zero attached hydrogens (tertiary/aromatic N) is 3. The molecule has 1 heterocycles. The zero-order valence-electron chi connectivity index (χ0n) is 12.5. The normalized spacial score (nSPS) is 9.91. The van der Waals surface area contributed by atoms with Crippen LogP contribution in [0.1, 0.15) is 5.56 Å². The Morgan fingerprint density at radius 3 is 2.43 bits per heavy atom. The molecule has 5 nitrogen and oxygen atoms in total. The highest BCUT2D eigenvalue weighted by Gasteiger charge is 2.09. The fourth-order valence-electron chi connectivity index (χ4n) is 2.10. The van der Waals surface area contributed by atoms with Crippen LogP contribution in [0.25, 0.3) is 11.4 Å². The fraction of sp³-hybridized carbons (Fsp3) is 0.0556. The van der Waals surface area contributed by atoms with Crippen molar-refractivity contribution >= 4 is 11.5 Å². The first-order valence-electron chi connectivity index (χ1n) is 7.04. The van der Waals surface area contributed by atoms with Crippen LogP contribution in [0.15, 0.2) is 60.8 Å². The van der Waals surface area contributed by atoms with Gasteiger partial charge in [-0.15, -0.1) is 0 Å². The van der Waals surface area contributed by atoms with Crippen LogP contribution in [0.4, 0.5) is 11.5 Å². The molecule has 0 unspecified atom stereocenters. The monoisotopic (exact) mass is 302 g/mol. The Labute approximate surface area is 134 Å². The molecule has 0 amide bonds. The van der Waals surface area contributed by atoms with Gasteiger partial charge in [0.15, 0.2) is 11.6 Å². The third kappa shape index (κ3) is 3.27. The van der Waals surface area contributed by atoms with Gasteiger partial charge in [0.2, 0.25) is 0 Å². The molecule has 5 heteroatoms. The maximum atomic E-state index is 9.25. The Bertz CT molecular complexity index is 839. The first-order valence-corrected chi connectivity index (χ1v) is 7.04. The van der Waals surface area contributed by atoms with E-state index < -0.39 is 0 Å². The summed E-state index contributed by atoms with van der Waals surface area (Å²) >= 11 is 0. The second kappa shape index (κ2) is 6.58. The minimum absolute atomic E-state index is 0.389. The van der Waals surface area contributed by atoms with Gasteiger partial charge in [0, 0.05) is 11.3 Å². The number of methoxy groups -OCH3 is 1. The molecule has 0 aliphatic heterocycles. The van der Waals surface area contributed by atoms with E-state index in [1.807, 2.05) is 54.6 Å². The molecule has 23 heavy (non-hydrogen) atoms. The lowest BCUT2D eigenvalue weighted by molar-refractivity contribution is 0.415. The Balaban J connectivity index is 1.95. The molecule has 0 saturated carbocycles. The van der Waals surface area contributed by atoms with E-state index >= 15 is 0 Å². The van der Waals surface area contributed by atoms with E-state index in [4.69, 9.17) is 4.74 Å². The van der Waals surface area contributed by atoms with E-state index in [-0.39, 0.29) is 0 Å². The van der Waals surface area contributed by atoms with Gasteiger partial charge >= 0.3 is 0 Å². The van der Waals surface area contributed by atoms with Crippen LogP contribution < -0.4 is 10.1 Å². The number of nitrogens with one attached hydrogen (secondary N) is 1. The smallest absolute Gasteiger partial charge is 0.161 e. The molecule has 3 rings (SSSR count). The summed E-state index contributed by atoms with van der Waals surface area (Å²) in [5, 5.41) is 12.4. The average Bonchev–Trinajstić information content (AvgIpc) is 2.63. The molecular weight excluding hydrogens is 288 g/mol. The maximum Gasteiger partial charge on any atom is 0.161 e. The number of rotatable bonds is 4. The predicted octanol–water partition coefficient (Wildman–Crippen LogP) is 3.77. The van der Waals surface area contributed by atoms with Gasteiger partial charge in [-0.25, -0.2) is 9.97 Å². The molecule has 0 bridgehead atoms. The zero-order chi connectivity index (χ0) is 16.1. The van der Waals surface area contributed by atoms with Crippen LogP contribution in [-0.4, -0.2) is 17.1 Å². The van der Waals surface area contributed by atoms with E-state index in [1.54, 1.807) is 7.11 Å². The molecule has 0 fully saturated rings. The Morgan fingerprint density at radius 1 is 1.04 bits per heavy atom. The van der Waals surface area contributed by atoms with E-state index in [0.29, 0.717) is 17.2 Å². The molecule has 2 aromatic carbocycles. The molecule has 0 aliphatic rings. The van der Waals surface area contributed by atoms with Crippen molar-refractivity contribution in [3.63, 3.8) is 0 Å². The van der Waals surface area contributed by atoms with E-state index in [1.165, 1.54) is 6.20 Å². The molecule has 0 spiro atoms. The average molecular weight is 302 g/mol. The summed E-state index contributed by atoms with van der Waals surface area (Å²) in [5.74, 6) is 1.82. The summed E-state index contributed by atoms with van der Waals surface area (Å²) in [4.78, 5) is 8.73. The van der Waals surface area contributed by atoms with Crippen LogP contribution in [0.2, 0.25) is 0 Å². The number of nitriles is 1. The molecule has 0 aliphatic carbocycles. The van der Waals surface area contributed by atoms with Crippen LogP contribution in [0.3, 0.4) is 0 Å². The van der Waals surface area contributed by atoms with Gasteiger partial charge in [-0.3, -0.25) is 0 Å². The molecule has 112 valence electrons. The lowest BCUT2D eigenvalue weighted by Gasteiger charge is -2.09. The number of ether oxygens (including phenoxy) is 1. The van der Waals surface area contributed by atoms with E-state index in [0.717, 1.165) is 17.0 Å². The molecule has 0 radical (unpaired) electrons. The van der Waals surface area contributed by atoms with Gasteiger partial charge in [0.1, 0.15) is 17.4 Å². The Hall–Kier alpha value is -3.39. The summed E-state index contributed by atoms with van der Waals surface area (Å²) in [5.41, 5.74) is 2.11. The quantitative estimate of drug-likeness (QED) is 0.794. The first kappa shape index (κ1) is 14.5. The SMILES string of the molecule is COc1ccc(Nc2nc(-c3ccccc3)ncc2C#N)cc1. The first-order chi connectivity index (χ1) is 11.3. The van der Waals surface area contributed by atoms with Crippen molar-refractivity contribution in [2.45, 2.75) is 0 Å². The van der Waals surface area contributed by atoms with E-state index in [2.05, 4.69) is 21.4 Å². The van der Waals surface area contributed by atoms with Gasteiger partial charge in [-0.2, -0.15) is 5.26 Å². The maximum absolute atomic E-state index is 9.25. The largest absolute Gasteiger partial charge is 0.497 e. The third-order valence-corrected chi connectivity index (χ3v) is 3.29. The van der Waals surface area contributed by atoms with Crippen molar-refractivity contribution in [3.05, 3.63) is 66.4 Å². The zero-order valence-corrected chi connectivity index (χ0v) is 12.5. The lowest BCUT2D eigenvalue weighted by Crippen LogP contribution is -2.00. The van der Waals surface area contributed by atoms with Crippen molar-refractivity contribution in [2.24, 2.45) is 0 Å². The van der Waals surface area contributed by atoms with Crippen LogP contribution >= 0.6 is 0 Å². The second-order valence-electron chi connectivity index (χ2n) is 4.79. The second-order valence-corrected chi connectivity index (χ2v) is 4.79. The highest BCUT2D eigenvalue weighted by atomic mass is 16.5. The summed E-state index contributed by atoms with van der Waals surface area (Å²) in [7, 11) is 1.62. The molecule has 0 atom stereocenters. The van der Waals surface area contributed by atoms with Crippen LogP contribution in [-0.2, 0) is 0 Å². The lowest BCUT2D eigenvalue weighted by atomic mass is 10.2. The van der Waals surface area contributed by atoms with Gasteiger partial charge < -0.3 is 10.1 Å². The van der Waals surface area contributed by atoms with Crippen molar-refractivity contribution in [1.82, 2.24) is 9.97 Å². The number of hydrogen-bond acceptors (Lipinski definition) is 5. The summed E-state index contributed by atoms with van der Waals surface area (Å²) in [6.45, 7) is 0. The molecule has 1 N–H and O–H groups in total. The van der Waals surface area contributed by atoms with Crippen LogP contribution in [0, 0.1) is 11.3 Å². The minimum atomic E-state index is 0.389. The summed E-state index contributed by atoms with van der Waals surface area (Å²) in [6, 6.07) is 19.2. The molecular formula is C18H14N4O. The molecule has 0 saturated heterocycles. The standard InChI is InChI=1S/C18H14N4O/c1-23-16-9-7-15(8-10-16)21-18-14(11-19)12-20-17(22-18)13-5-3-2-4-6-13/h2-10,12H,1H3,(H,20,21,22). The highest BCUT2D eigenvalue weighted by Crippen LogP contribution is 2.23. The molecule has 3 aromatic rings. The van der Waals surface area contributed by atoms with Crippen molar-refractivity contribution in [1.29, 1.82) is 5.26 Å². The minimum Gasteiger partial charge on any atom is -0.497 e. The highest BCUT2D eigenvalue weighted by molar-refractivity contribution is 5.66. The van der Waals surface area contributed by atoms with E-state index in [9.17, 15) is 5.26 Å². The summed E-state index contributed by atoms with van der Waals surface area (Å²) in [6.07, 6.45) is 1.53. The van der Waals surface area contributed by atoms with Crippen molar-refractivity contribution < 1.29 is 4.74 Å². The Morgan fingerprint density at radius 2 is 1.78 bits per heavy atom. The number of aromatic nitrogens is 2. The van der Waals surface area contributed by atoms with Gasteiger partial charge in [-0.05, 0) is 24.3 Å². The fourth-order valence-corrected chi connectivity index (χ4v) is 2.10. The van der Waals surface area contributed by atoms with Gasteiger partial charge in [0.05, 0.1) is 13.3 Å². The number of hydrogen-bond donors (Lipinski definition) is 1. The Kier molecular flexibility index (Phi) is 4.16. The van der Waals surface area contributed by atoms with Gasteiger partial charge in [-0.1, -0.05) is 30.3 Å². The summed E-state index contributed by atoms with van der Waals surface area (Å²) < 4.78 is 5.14.